The molecule has 0 radical (unpaired) electrons. The second-order valence-corrected chi connectivity index (χ2v) is 7.22. The zero-order valence-electron chi connectivity index (χ0n) is 15.7. The number of aldehydes is 1. The van der Waals surface area contributed by atoms with Gasteiger partial charge in [0.25, 0.3) is 0 Å². The van der Waals surface area contributed by atoms with Crippen LogP contribution in [0.3, 0.4) is 0 Å². The van der Waals surface area contributed by atoms with Crippen molar-refractivity contribution >= 4 is 12.0 Å². The Hall–Kier alpha value is -2.13. The van der Waals surface area contributed by atoms with Gasteiger partial charge in [-0.15, -0.1) is 0 Å². The van der Waals surface area contributed by atoms with Crippen molar-refractivity contribution in [3.63, 3.8) is 0 Å². The third-order valence-corrected chi connectivity index (χ3v) is 5.48. The fourth-order valence-electron chi connectivity index (χ4n) is 3.85. The standard InChI is InChI=1S/C22H28N2O/c1-16-5-8-22(18(3)13-16)19(4)23-9-11-24(12-10-23)21-7-6-20(15-25)17(2)14-21/h5-8,13-15,19H,9-12H2,1-4H3/t19-/m0/s1. The van der Waals surface area contributed by atoms with Crippen LogP contribution in [0, 0.1) is 20.8 Å². The van der Waals surface area contributed by atoms with Gasteiger partial charge in [-0.2, -0.15) is 0 Å². The first-order valence-electron chi connectivity index (χ1n) is 9.11. The van der Waals surface area contributed by atoms with Crippen LogP contribution >= 0.6 is 0 Å². The molecule has 1 heterocycles. The zero-order chi connectivity index (χ0) is 18.0. The number of hydrogen-bond donors (Lipinski definition) is 0. The highest BCUT2D eigenvalue weighted by Crippen LogP contribution is 2.27. The van der Waals surface area contributed by atoms with E-state index in [4.69, 9.17) is 0 Å². The zero-order valence-corrected chi connectivity index (χ0v) is 15.7. The summed E-state index contributed by atoms with van der Waals surface area (Å²) in [6.07, 6.45) is 0.933. The molecule has 0 amide bonds. The fraction of sp³-hybridized carbons (Fsp3) is 0.409. The number of rotatable bonds is 4. The van der Waals surface area contributed by atoms with Crippen LogP contribution in [0.1, 0.15) is 45.6 Å². The third-order valence-electron chi connectivity index (χ3n) is 5.48. The number of aryl methyl sites for hydroxylation is 3. The maximum atomic E-state index is 11.0. The summed E-state index contributed by atoms with van der Waals surface area (Å²) in [7, 11) is 0. The van der Waals surface area contributed by atoms with E-state index in [1.807, 2.05) is 13.0 Å². The summed E-state index contributed by atoms with van der Waals surface area (Å²) in [5, 5.41) is 0. The van der Waals surface area contributed by atoms with Crippen molar-refractivity contribution in [1.29, 1.82) is 0 Å². The monoisotopic (exact) mass is 336 g/mol. The van der Waals surface area contributed by atoms with Crippen LogP contribution in [0.5, 0.6) is 0 Å². The summed E-state index contributed by atoms with van der Waals surface area (Å²) in [6.45, 7) is 12.8. The molecule has 0 aliphatic carbocycles. The van der Waals surface area contributed by atoms with Crippen molar-refractivity contribution in [3.8, 4) is 0 Å². The summed E-state index contributed by atoms with van der Waals surface area (Å²) in [4.78, 5) is 16.0. The molecule has 1 fully saturated rings. The van der Waals surface area contributed by atoms with Crippen LogP contribution in [0.25, 0.3) is 0 Å². The summed E-state index contributed by atoms with van der Waals surface area (Å²) in [5.41, 5.74) is 7.21. The van der Waals surface area contributed by atoms with Gasteiger partial charge in [0.05, 0.1) is 0 Å². The molecule has 3 rings (SSSR count). The Morgan fingerprint density at radius 1 is 0.920 bits per heavy atom. The van der Waals surface area contributed by atoms with Crippen molar-refractivity contribution < 1.29 is 4.79 Å². The SMILES string of the molecule is Cc1ccc([C@H](C)N2CCN(c3ccc(C=O)c(C)c3)CC2)c(C)c1. The molecule has 2 aromatic carbocycles. The largest absolute Gasteiger partial charge is 0.369 e. The Balaban J connectivity index is 1.67. The number of hydrogen-bond acceptors (Lipinski definition) is 3. The quantitative estimate of drug-likeness (QED) is 0.778. The lowest BCUT2D eigenvalue weighted by Crippen LogP contribution is -2.47. The van der Waals surface area contributed by atoms with E-state index in [1.165, 1.54) is 22.4 Å². The Labute approximate surface area is 151 Å². The van der Waals surface area contributed by atoms with Crippen molar-refractivity contribution in [2.75, 3.05) is 31.1 Å². The number of carbonyl (C=O) groups excluding carboxylic acids is 1. The molecule has 3 nitrogen and oxygen atoms in total. The van der Waals surface area contributed by atoms with Crippen LogP contribution in [0.2, 0.25) is 0 Å². The molecule has 0 bridgehead atoms. The molecular formula is C22H28N2O. The van der Waals surface area contributed by atoms with Gasteiger partial charge in [-0.05, 0) is 62.6 Å². The molecule has 1 saturated heterocycles. The van der Waals surface area contributed by atoms with Gasteiger partial charge < -0.3 is 4.90 Å². The Morgan fingerprint density at radius 2 is 1.64 bits per heavy atom. The van der Waals surface area contributed by atoms with Gasteiger partial charge in [-0.1, -0.05) is 23.8 Å². The Bertz CT molecular complexity index is 761. The first-order valence-corrected chi connectivity index (χ1v) is 9.11. The molecule has 0 N–H and O–H groups in total. The normalized spacial score (nSPS) is 16.7. The minimum Gasteiger partial charge on any atom is -0.369 e. The maximum absolute atomic E-state index is 11.0. The van der Waals surface area contributed by atoms with Crippen molar-refractivity contribution in [3.05, 3.63) is 64.2 Å². The highest BCUT2D eigenvalue weighted by Gasteiger charge is 2.23. The van der Waals surface area contributed by atoms with E-state index in [9.17, 15) is 4.79 Å². The maximum Gasteiger partial charge on any atom is 0.150 e. The van der Waals surface area contributed by atoms with Crippen LogP contribution in [-0.2, 0) is 0 Å². The Morgan fingerprint density at radius 3 is 2.24 bits per heavy atom. The minimum atomic E-state index is 0.446. The lowest BCUT2D eigenvalue weighted by Gasteiger charge is -2.39. The number of anilines is 1. The summed E-state index contributed by atoms with van der Waals surface area (Å²) in [6, 6.07) is 13.4. The van der Waals surface area contributed by atoms with Gasteiger partial charge in [0.1, 0.15) is 6.29 Å². The average Bonchev–Trinajstić information content (AvgIpc) is 2.61. The second-order valence-electron chi connectivity index (χ2n) is 7.22. The van der Waals surface area contributed by atoms with Crippen molar-refractivity contribution in [1.82, 2.24) is 4.90 Å². The molecule has 0 saturated carbocycles. The fourth-order valence-corrected chi connectivity index (χ4v) is 3.85. The third kappa shape index (κ3) is 3.77. The van der Waals surface area contributed by atoms with Gasteiger partial charge in [-0.25, -0.2) is 0 Å². The molecule has 2 aromatic rings. The lowest BCUT2D eigenvalue weighted by molar-refractivity contribution is 0.112. The summed E-state index contributed by atoms with van der Waals surface area (Å²) < 4.78 is 0. The summed E-state index contributed by atoms with van der Waals surface area (Å²) in [5.74, 6) is 0. The van der Waals surface area contributed by atoms with Crippen LogP contribution < -0.4 is 4.90 Å². The van der Waals surface area contributed by atoms with E-state index in [2.05, 4.69) is 60.9 Å². The van der Waals surface area contributed by atoms with Gasteiger partial charge in [0.2, 0.25) is 0 Å². The van der Waals surface area contributed by atoms with Gasteiger partial charge in [0, 0.05) is 43.5 Å². The van der Waals surface area contributed by atoms with Gasteiger partial charge in [-0.3, -0.25) is 9.69 Å². The second kappa shape index (κ2) is 7.40. The first kappa shape index (κ1) is 17.7. The molecule has 0 spiro atoms. The topological polar surface area (TPSA) is 23.6 Å². The molecular weight excluding hydrogens is 308 g/mol. The first-order chi connectivity index (χ1) is 12.0. The average molecular weight is 336 g/mol. The molecule has 0 unspecified atom stereocenters. The predicted molar refractivity (Wildman–Crippen MR) is 105 cm³/mol. The lowest BCUT2D eigenvalue weighted by atomic mass is 9.98. The number of benzene rings is 2. The van der Waals surface area contributed by atoms with Crippen molar-refractivity contribution in [2.45, 2.75) is 33.7 Å². The van der Waals surface area contributed by atoms with E-state index in [0.29, 0.717) is 6.04 Å². The minimum absolute atomic E-state index is 0.446. The van der Waals surface area contributed by atoms with Crippen LogP contribution in [-0.4, -0.2) is 37.4 Å². The van der Waals surface area contributed by atoms with Crippen LogP contribution in [0.4, 0.5) is 5.69 Å². The molecule has 0 aromatic heterocycles. The smallest absolute Gasteiger partial charge is 0.150 e. The molecule has 3 heteroatoms. The van der Waals surface area contributed by atoms with E-state index >= 15 is 0 Å². The van der Waals surface area contributed by atoms with E-state index in [-0.39, 0.29) is 0 Å². The highest BCUT2D eigenvalue weighted by molar-refractivity contribution is 5.78. The van der Waals surface area contributed by atoms with Gasteiger partial charge >= 0.3 is 0 Å². The predicted octanol–water partition coefficient (Wildman–Crippen LogP) is 4.31. The molecule has 1 atom stereocenters. The molecule has 1 aliphatic rings. The Kier molecular flexibility index (Phi) is 5.24. The van der Waals surface area contributed by atoms with E-state index in [0.717, 1.165) is 43.6 Å². The number of carbonyl (C=O) groups is 1. The van der Waals surface area contributed by atoms with Crippen molar-refractivity contribution in [2.24, 2.45) is 0 Å². The summed E-state index contributed by atoms with van der Waals surface area (Å²) >= 11 is 0. The molecule has 1 aliphatic heterocycles. The highest BCUT2D eigenvalue weighted by atomic mass is 16.1. The molecule has 25 heavy (non-hydrogen) atoms. The van der Waals surface area contributed by atoms with Crippen LogP contribution in [0.15, 0.2) is 36.4 Å². The molecule has 132 valence electrons. The number of piperazine rings is 1. The van der Waals surface area contributed by atoms with Gasteiger partial charge in [0.15, 0.2) is 0 Å². The van der Waals surface area contributed by atoms with E-state index < -0.39 is 0 Å². The number of nitrogens with zero attached hydrogens (tertiary/aromatic N) is 2. The van der Waals surface area contributed by atoms with E-state index in [1.54, 1.807) is 0 Å².